The number of hydrogen-bond acceptors (Lipinski definition) is 6. The van der Waals surface area contributed by atoms with E-state index >= 15 is 0 Å². The van der Waals surface area contributed by atoms with Gasteiger partial charge >= 0.3 is 0 Å². The Hall–Kier alpha value is -1.31. The molecule has 2 aliphatic heterocycles. The number of thiazole rings is 1. The van der Waals surface area contributed by atoms with E-state index in [1.54, 1.807) is 23.1 Å². The number of para-hydroxylation sites is 1. The molecule has 5 nitrogen and oxygen atoms in total. The molecule has 1 unspecified atom stereocenters. The minimum absolute atomic E-state index is 0.142. The van der Waals surface area contributed by atoms with Crippen LogP contribution in [0.3, 0.4) is 0 Å². The van der Waals surface area contributed by atoms with Gasteiger partial charge in [0.2, 0.25) is 0 Å². The summed E-state index contributed by atoms with van der Waals surface area (Å²) in [4.78, 5) is 22.8. The molecule has 1 aromatic heterocycles. The van der Waals surface area contributed by atoms with Gasteiger partial charge < -0.3 is 14.5 Å². The monoisotopic (exact) mass is 363 g/mol. The molecule has 1 aromatic carbocycles. The summed E-state index contributed by atoms with van der Waals surface area (Å²) < 4.78 is 6.96. The number of anilines is 1. The second-order valence-corrected chi connectivity index (χ2v) is 8.00. The summed E-state index contributed by atoms with van der Waals surface area (Å²) in [5.74, 6) is 0.142. The highest BCUT2D eigenvalue weighted by Crippen LogP contribution is 2.34. The van der Waals surface area contributed by atoms with Crippen LogP contribution in [0.1, 0.15) is 12.8 Å². The van der Waals surface area contributed by atoms with Crippen molar-refractivity contribution in [2.24, 2.45) is 0 Å². The van der Waals surface area contributed by atoms with Crippen molar-refractivity contribution in [1.29, 1.82) is 0 Å². The number of likely N-dealkylation sites (tertiary alicyclic amines) is 1. The number of morpholine rings is 1. The van der Waals surface area contributed by atoms with Crippen molar-refractivity contribution in [2.75, 3.05) is 43.9 Å². The largest absolute Gasteiger partial charge is 0.365 e. The maximum absolute atomic E-state index is 12.6. The van der Waals surface area contributed by atoms with E-state index in [0.717, 1.165) is 43.1 Å². The molecule has 2 aromatic rings. The third-order valence-corrected chi connectivity index (χ3v) is 6.47. The molecular formula is C17H21N3O2S2. The van der Waals surface area contributed by atoms with Gasteiger partial charge in [0.25, 0.3) is 5.91 Å². The molecule has 4 rings (SSSR count). The standard InChI is InChI=1S/C17H21N3O2S2/c1-23-13-5-4-6-14-15(13)18-17(24-14)20-9-10-22-12(11-20)16(21)19-7-2-3-8-19/h4-6,12H,2-3,7-11H2,1H3. The number of amides is 1. The zero-order valence-corrected chi connectivity index (χ0v) is 15.4. The Balaban J connectivity index is 1.54. The van der Waals surface area contributed by atoms with Crippen molar-refractivity contribution in [3.05, 3.63) is 18.2 Å². The van der Waals surface area contributed by atoms with Gasteiger partial charge in [0.05, 0.1) is 23.4 Å². The molecular weight excluding hydrogens is 342 g/mol. The lowest BCUT2D eigenvalue weighted by molar-refractivity contribution is -0.143. The van der Waals surface area contributed by atoms with Gasteiger partial charge in [0.15, 0.2) is 11.2 Å². The molecule has 128 valence electrons. The second-order valence-electron chi connectivity index (χ2n) is 6.14. The minimum atomic E-state index is -0.358. The zero-order chi connectivity index (χ0) is 16.5. The Kier molecular flexibility index (Phi) is 4.65. The summed E-state index contributed by atoms with van der Waals surface area (Å²) in [7, 11) is 0. The fourth-order valence-corrected chi connectivity index (χ4v) is 4.98. The summed E-state index contributed by atoms with van der Waals surface area (Å²) in [6.45, 7) is 3.71. The van der Waals surface area contributed by atoms with Crippen LogP contribution in [0, 0.1) is 0 Å². The summed E-state index contributed by atoms with van der Waals surface area (Å²) >= 11 is 3.42. The van der Waals surface area contributed by atoms with Gasteiger partial charge in [-0.05, 0) is 31.2 Å². The zero-order valence-electron chi connectivity index (χ0n) is 13.7. The molecule has 0 bridgehead atoms. The first-order valence-electron chi connectivity index (χ1n) is 8.35. The lowest BCUT2D eigenvalue weighted by Gasteiger charge is -2.33. The number of thioether (sulfide) groups is 1. The summed E-state index contributed by atoms with van der Waals surface area (Å²) in [6.07, 6.45) is 3.94. The van der Waals surface area contributed by atoms with Crippen LogP contribution in [0.25, 0.3) is 10.2 Å². The fraction of sp³-hybridized carbons (Fsp3) is 0.529. The van der Waals surface area contributed by atoms with Crippen molar-refractivity contribution in [1.82, 2.24) is 9.88 Å². The smallest absolute Gasteiger partial charge is 0.253 e. The summed E-state index contributed by atoms with van der Waals surface area (Å²) in [6, 6.07) is 6.30. The van der Waals surface area contributed by atoms with Crippen LogP contribution in [-0.2, 0) is 9.53 Å². The molecule has 2 saturated heterocycles. The minimum Gasteiger partial charge on any atom is -0.365 e. The Bertz CT molecular complexity index is 743. The molecule has 0 aliphatic carbocycles. The number of aromatic nitrogens is 1. The van der Waals surface area contributed by atoms with Crippen LogP contribution < -0.4 is 4.90 Å². The summed E-state index contributed by atoms with van der Waals surface area (Å²) in [5, 5.41) is 0.994. The predicted molar refractivity (Wildman–Crippen MR) is 99.2 cm³/mol. The van der Waals surface area contributed by atoms with Crippen molar-refractivity contribution in [3.63, 3.8) is 0 Å². The topological polar surface area (TPSA) is 45.7 Å². The van der Waals surface area contributed by atoms with E-state index in [2.05, 4.69) is 29.4 Å². The third-order valence-electron chi connectivity index (χ3n) is 4.62. The van der Waals surface area contributed by atoms with Gasteiger partial charge in [-0.2, -0.15) is 0 Å². The van der Waals surface area contributed by atoms with Gasteiger partial charge in [0, 0.05) is 24.5 Å². The highest BCUT2D eigenvalue weighted by Gasteiger charge is 2.32. The van der Waals surface area contributed by atoms with Gasteiger partial charge in [-0.1, -0.05) is 17.4 Å². The Labute approximate surface area is 150 Å². The normalized spacial score (nSPS) is 21.6. The van der Waals surface area contributed by atoms with Gasteiger partial charge in [-0.25, -0.2) is 4.98 Å². The number of hydrogen-bond donors (Lipinski definition) is 0. The van der Waals surface area contributed by atoms with Crippen LogP contribution in [0.15, 0.2) is 23.1 Å². The number of carbonyl (C=O) groups excluding carboxylic acids is 1. The average Bonchev–Trinajstić information content (AvgIpc) is 3.30. The van der Waals surface area contributed by atoms with Crippen molar-refractivity contribution < 1.29 is 9.53 Å². The highest BCUT2D eigenvalue weighted by molar-refractivity contribution is 7.98. The van der Waals surface area contributed by atoms with E-state index < -0.39 is 0 Å². The fourth-order valence-electron chi connectivity index (χ4n) is 3.33. The Morgan fingerprint density at radius 1 is 1.33 bits per heavy atom. The number of ether oxygens (including phenoxy) is 1. The lowest BCUT2D eigenvalue weighted by atomic mass is 10.2. The molecule has 2 aliphatic rings. The van der Waals surface area contributed by atoms with Crippen LogP contribution in [0.5, 0.6) is 0 Å². The number of fused-ring (bicyclic) bond motifs is 1. The molecule has 2 fully saturated rings. The molecule has 0 saturated carbocycles. The third kappa shape index (κ3) is 3.00. The predicted octanol–water partition coefficient (Wildman–Crippen LogP) is 2.85. The average molecular weight is 364 g/mol. The number of carbonyl (C=O) groups is 1. The van der Waals surface area contributed by atoms with Crippen LogP contribution in [0.4, 0.5) is 5.13 Å². The lowest BCUT2D eigenvalue weighted by Crippen LogP contribution is -2.50. The van der Waals surface area contributed by atoms with Crippen LogP contribution >= 0.6 is 23.1 Å². The molecule has 0 radical (unpaired) electrons. The van der Waals surface area contributed by atoms with E-state index in [4.69, 9.17) is 9.72 Å². The number of nitrogens with zero attached hydrogens (tertiary/aromatic N) is 3. The summed E-state index contributed by atoms with van der Waals surface area (Å²) in [5.41, 5.74) is 1.07. The SMILES string of the molecule is CSc1cccc2sc(N3CCOC(C(=O)N4CCCC4)C3)nc12. The van der Waals surface area contributed by atoms with E-state index in [-0.39, 0.29) is 12.0 Å². The first kappa shape index (κ1) is 16.2. The highest BCUT2D eigenvalue weighted by atomic mass is 32.2. The Morgan fingerprint density at radius 3 is 2.96 bits per heavy atom. The van der Waals surface area contributed by atoms with Crippen LogP contribution in [-0.4, -0.2) is 60.9 Å². The van der Waals surface area contributed by atoms with Crippen molar-refractivity contribution >= 4 is 44.4 Å². The molecule has 0 N–H and O–H groups in total. The quantitative estimate of drug-likeness (QED) is 0.785. The molecule has 1 amide bonds. The molecule has 7 heteroatoms. The molecule has 1 atom stereocenters. The van der Waals surface area contributed by atoms with E-state index in [1.807, 2.05) is 4.90 Å². The van der Waals surface area contributed by atoms with E-state index in [1.165, 1.54) is 9.60 Å². The van der Waals surface area contributed by atoms with Gasteiger partial charge in [0.1, 0.15) is 0 Å². The van der Waals surface area contributed by atoms with Gasteiger partial charge in [-0.15, -0.1) is 11.8 Å². The second kappa shape index (κ2) is 6.90. The number of rotatable bonds is 3. The maximum Gasteiger partial charge on any atom is 0.253 e. The van der Waals surface area contributed by atoms with Crippen molar-refractivity contribution in [2.45, 2.75) is 23.8 Å². The molecule has 24 heavy (non-hydrogen) atoms. The van der Waals surface area contributed by atoms with Gasteiger partial charge in [-0.3, -0.25) is 4.79 Å². The number of benzene rings is 1. The van der Waals surface area contributed by atoms with E-state index in [9.17, 15) is 4.79 Å². The Morgan fingerprint density at radius 2 is 2.17 bits per heavy atom. The van der Waals surface area contributed by atoms with E-state index in [0.29, 0.717) is 13.2 Å². The maximum atomic E-state index is 12.6. The molecule has 3 heterocycles. The first-order valence-corrected chi connectivity index (χ1v) is 10.4. The molecule has 0 spiro atoms. The van der Waals surface area contributed by atoms with Crippen molar-refractivity contribution in [3.8, 4) is 0 Å². The van der Waals surface area contributed by atoms with Crippen LogP contribution in [0.2, 0.25) is 0 Å². The first-order chi connectivity index (χ1) is 11.8.